The van der Waals surface area contributed by atoms with Crippen molar-refractivity contribution in [2.75, 3.05) is 20.3 Å². The Balaban J connectivity index is 1.28. The number of pyridine rings is 1. The Bertz CT molecular complexity index is 2970. The van der Waals surface area contributed by atoms with Gasteiger partial charge in [0, 0.05) is 78.1 Å². The number of carbonyl (C=O) groups excluding carboxylic acids is 2. The number of primary amides is 2. The number of methoxy groups -OCH3 is 1. The Hall–Kier alpha value is -7.07. The predicted molar refractivity (Wildman–Crippen MR) is 225 cm³/mol. The average molecular weight is 796 g/mol. The molecule has 0 atom stereocenters. The van der Waals surface area contributed by atoms with Gasteiger partial charge in [0.15, 0.2) is 5.82 Å². The molecule has 0 fully saturated rings. The third-order valence-corrected chi connectivity index (χ3v) is 10.4. The monoisotopic (exact) mass is 795 g/mol. The number of carbonyl (C=O) groups is 2. The van der Waals surface area contributed by atoms with Crippen LogP contribution in [0.25, 0.3) is 66.8 Å². The number of aliphatic hydroxyl groups excluding tert-OH is 1. The lowest BCUT2D eigenvalue weighted by molar-refractivity contribution is 0.0991. The standard InChI is InChI=1S/C43H45N11O5/c1-6-53-33(17-24(3)49-53)32-12-11-28-29-19-27(40(45)57)22-36(59-16-10-15-55)38(29)52(42(28)47-32)14-9-8-13-51-37-30(20-26(39(44)56)21-35(37)58-5)31-23-46-41(48-43(31)51)34-18-25(4)50-54(34)7-2/h8-9,11-12,17-23,55H,6-7,10,13-16H2,1-5H3,(H2,44,56)(H2,45,57)/b9-8+. The van der Waals surface area contributed by atoms with Crippen LogP contribution in [0, 0.1) is 13.8 Å². The first-order valence-corrected chi connectivity index (χ1v) is 19.5. The molecule has 5 N–H and O–H groups in total. The molecule has 16 heteroatoms. The minimum atomic E-state index is -0.586. The summed E-state index contributed by atoms with van der Waals surface area (Å²) in [7, 11) is 1.55. The minimum Gasteiger partial charge on any atom is -0.495 e. The molecule has 6 aromatic heterocycles. The number of aliphatic hydroxyl groups is 1. The molecule has 0 aliphatic heterocycles. The van der Waals surface area contributed by atoms with Crippen molar-refractivity contribution < 1.29 is 24.2 Å². The van der Waals surface area contributed by atoms with Gasteiger partial charge in [-0.3, -0.25) is 19.0 Å². The summed E-state index contributed by atoms with van der Waals surface area (Å²) in [4.78, 5) is 40.0. The van der Waals surface area contributed by atoms with Gasteiger partial charge in [-0.25, -0.2) is 15.0 Å². The van der Waals surface area contributed by atoms with Crippen LogP contribution in [0.2, 0.25) is 0 Å². The van der Waals surface area contributed by atoms with E-state index in [0.717, 1.165) is 61.0 Å². The number of fused-ring (bicyclic) bond motifs is 6. The molecule has 302 valence electrons. The number of aryl methyl sites for hydroxylation is 4. The van der Waals surface area contributed by atoms with Crippen LogP contribution in [0.3, 0.4) is 0 Å². The van der Waals surface area contributed by atoms with Gasteiger partial charge >= 0.3 is 0 Å². The summed E-state index contributed by atoms with van der Waals surface area (Å²) in [5.74, 6) is 0.269. The van der Waals surface area contributed by atoms with Gasteiger partial charge in [-0.1, -0.05) is 12.2 Å². The van der Waals surface area contributed by atoms with Gasteiger partial charge in [0.2, 0.25) is 11.8 Å². The van der Waals surface area contributed by atoms with Gasteiger partial charge in [-0.05, 0) is 76.2 Å². The molecule has 0 aliphatic carbocycles. The van der Waals surface area contributed by atoms with Crippen LogP contribution in [0.15, 0.2) is 66.9 Å². The first-order valence-electron chi connectivity index (χ1n) is 19.5. The van der Waals surface area contributed by atoms with Gasteiger partial charge in [0.25, 0.3) is 0 Å². The van der Waals surface area contributed by atoms with Crippen molar-refractivity contribution in [3.05, 3.63) is 89.4 Å². The Morgan fingerprint density at radius 1 is 0.746 bits per heavy atom. The lowest BCUT2D eigenvalue weighted by Gasteiger charge is -2.12. The number of nitrogens with two attached hydrogens (primary N) is 2. The second kappa shape index (κ2) is 15.7. The molecule has 6 heterocycles. The summed E-state index contributed by atoms with van der Waals surface area (Å²) in [6, 6.07) is 14.7. The van der Waals surface area contributed by atoms with E-state index in [1.54, 1.807) is 37.6 Å². The van der Waals surface area contributed by atoms with Crippen molar-refractivity contribution in [1.82, 2.24) is 43.6 Å². The molecular weight excluding hydrogens is 751 g/mol. The van der Waals surface area contributed by atoms with Crippen molar-refractivity contribution in [3.8, 4) is 34.4 Å². The molecule has 59 heavy (non-hydrogen) atoms. The quantitative estimate of drug-likeness (QED) is 0.0852. The Kier molecular flexibility index (Phi) is 10.3. The SMILES string of the molecule is CCn1nc(C)cc1-c1ccc2c3cc(C(N)=O)cc(OCCCO)c3n(C/C=C/Cn3c4nc(-c5cc(C)nn5CC)ncc4c4cc(C(N)=O)cc(OC)c43)c2n1. The Labute approximate surface area is 338 Å². The van der Waals surface area contributed by atoms with Crippen LogP contribution in [-0.4, -0.2) is 80.9 Å². The fourth-order valence-electron chi connectivity index (χ4n) is 7.77. The van der Waals surface area contributed by atoms with Crippen LogP contribution >= 0.6 is 0 Å². The molecule has 0 saturated carbocycles. The fraction of sp³-hybridized carbons (Fsp3) is 0.279. The Morgan fingerprint density at radius 2 is 1.32 bits per heavy atom. The molecule has 0 aliphatic rings. The van der Waals surface area contributed by atoms with E-state index < -0.39 is 11.8 Å². The van der Waals surface area contributed by atoms with Crippen LogP contribution in [0.5, 0.6) is 11.5 Å². The number of benzene rings is 2. The number of nitrogens with zero attached hydrogens (tertiary/aromatic N) is 9. The van der Waals surface area contributed by atoms with E-state index in [1.165, 1.54) is 0 Å². The van der Waals surface area contributed by atoms with Crippen LogP contribution in [0.4, 0.5) is 0 Å². The van der Waals surface area contributed by atoms with Crippen molar-refractivity contribution in [2.45, 2.75) is 60.3 Å². The predicted octanol–water partition coefficient (Wildman–Crippen LogP) is 5.70. The van der Waals surface area contributed by atoms with E-state index in [-0.39, 0.29) is 13.2 Å². The fourth-order valence-corrected chi connectivity index (χ4v) is 7.77. The average Bonchev–Trinajstić information content (AvgIpc) is 3.98. The van der Waals surface area contributed by atoms with E-state index in [9.17, 15) is 14.7 Å². The number of ether oxygens (including phenoxy) is 2. The zero-order valence-corrected chi connectivity index (χ0v) is 33.6. The molecule has 0 unspecified atom stereocenters. The third-order valence-electron chi connectivity index (χ3n) is 10.4. The minimum absolute atomic E-state index is 0.0501. The highest BCUT2D eigenvalue weighted by Crippen LogP contribution is 2.38. The maximum Gasteiger partial charge on any atom is 0.248 e. The lowest BCUT2D eigenvalue weighted by Crippen LogP contribution is -2.12. The lowest BCUT2D eigenvalue weighted by atomic mass is 10.1. The summed E-state index contributed by atoms with van der Waals surface area (Å²) in [5.41, 5.74) is 19.1. The highest BCUT2D eigenvalue weighted by Gasteiger charge is 2.23. The van der Waals surface area contributed by atoms with E-state index in [4.69, 9.17) is 35.9 Å². The summed E-state index contributed by atoms with van der Waals surface area (Å²) in [6.45, 7) is 10.2. The molecular formula is C43H45N11O5. The highest BCUT2D eigenvalue weighted by atomic mass is 16.5. The number of aromatic nitrogens is 9. The van der Waals surface area contributed by atoms with E-state index in [2.05, 4.69) is 14.8 Å². The van der Waals surface area contributed by atoms with Crippen molar-refractivity contribution in [1.29, 1.82) is 0 Å². The Morgan fingerprint density at radius 3 is 1.93 bits per heavy atom. The van der Waals surface area contributed by atoms with Gasteiger partial charge in [0.1, 0.15) is 28.5 Å². The molecule has 16 nitrogen and oxygen atoms in total. The summed E-state index contributed by atoms with van der Waals surface area (Å²) >= 11 is 0. The van der Waals surface area contributed by atoms with Gasteiger partial charge < -0.3 is 35.2 Å². The first kappa shape index (κ1) is 38.8. The highest BCUT2D eigenvalue weighted by molar-refractivity contribution is 6.13. The zero-order valence-electron chi connectivity index (χ0n) is 33.6. The van der Waals surface area contributed by atoms with Crippen molar-refractivity contribution in [2.24, 2.45) is 11.5 Å². The first-order chi connectivity index (χ1) is 28.5. The van der Waals surface area contributed by atoms with Crippen LogP contribution in [0.1, 0.15) is 52.4 Å². The summed E-state index contributed by atoms with van der Waals surface area (Å²) < 4.78 is 20.0. The second-order valence-electron chi connectivity index (χ2n) is 14.3. The number of hydrogen-bond donors (Lipinski definition) is 3. The molecule has 0 radical (unpaired) electrons. The molecule has 8 aromatic rings. The third kappa shape index (κ3) is 6.90. The van der Waals surface area contributed by atoms with E-state index >= 15 is 0 Å². The van der Waals surface area contributed by atoms with Crippen LogP contribution < -0.4 is 20.9 Å². The second-order valence-corrected chi connectivity index (χ2v) is 14.3. The number of rotatable bonds is 15. The smallest absolute Gasteiger partial charge is 0.248 e. The van der Waals surface area contributed by atoms with Crippen molar-refractivity contribution >= 4 is 55.7 Å². The normalized spacial score (nSPS) is 11.9. The maximum absolute atomic E-state index is 12.6. The molecule has 8 rings (SSSR count). The molecule has 0 bridgehead atoms. The zero-order chi connectivity index (χ0) is 41.5. The van der Waals surface area contributed by atoms with Crippen molar-refractivity contribution in [3.63, 3.8) is 0 Å². The number of allylic oxidation sites excluding steroid dienone is 2. The molecule has 2 amide bonds. The van der Waals surface area contributed by atoms with Gasteiger partial charge in [-0.2, -0.15) is 10.2 Å². The largest absolute Gasteiger partial charge is 0.495 e. The number of amides is 2. The van der Waals surface area contributed by atoms with Gasteiger partial charge in [-0.15, -0.1) is 0 Å². The molecule has 2 aromatic carbocycles. The number of hydrogen-bond acceptors (Lipinski definition) is 10. The van der Waals surface area contributed by atoms with Gasteiger partial charge in [0.05, 0.1) is 47.5 Å². The topological polar surface area (TPSA) is 209 Å². The molecule has 0 spiro atoms. The summed E-state index contributed by atoms with van der Waals surface area (Å²) in [6.07, 6.45) is 6.23. The van der Waals surface area contributed by atoms with E-state index in [1.807, 2.05) is 78.0 Å². The summed E-state index contributed by atoms with van der Waals surface area (Å²) in [5, 5.41) is 21.8. The molecule has 0 saturated heterocycles. The van der Waals surface area contributed by atoms with Crippen LogP contribution in [-0.2, 0) is 26.2 Å². The van der Waals surface area contributed by atoms with E-state index in [0.29, 0.717) is 72.3 Å². The maximum atomic E-state index is 12.6.